The third-order valence-corrected chi connectivity index (χ3v) is 7.76. The molecule has 3 rings (SSSR count). The number of rotatable bonds is 6. The molecule has 8 heteroatoms. The van der Waals surface area contributed by atoms with Crippen LogP contribution in [0.1, 0.15) is 27.0 Å². The van der Waals surface area contributed by atoms with Crippen molar-refractivity contribution in [2.45, 2.75) is 35.6 Å². The third-order valence-electron chi connectivity index (χ3n) is 4.94. The molecule has 0 unspecified atom stereocenters. The molecule has 0 aliphatic rings. The predicted molar refractivity (Wildman–Crippen MR) is 124 cm³/mol. The zero-order valence-corrected chi connectivity index (χ0v) is 19.8. The summed E-state index contributed by atoms with van der Waals surface area (Å²) in [4.78, 5) is 18.6. The summed E-state index contributed by atoms with van der Waals surface area (Å²) in [6.07, 6.45) is 1.65. The summed E-state index contributed by atoms with van der Waals surface area (Å²) < 4.78 is 26.1. The molecule has 0 radical (unpaired) electrons. The highest BCUT2D eigenvalue weighted by atomic mass is 32.2. The summed E-state index contributed by atoms with van der Waals surface area (Å²) in [7, 11) is -0.664. The van der Waals surface area contributed by atoms with Gasteiger partial charge in [-0.15, -0.1) is 0 Å². The number of sulfonamides is 1. The summed E-state index contributed by atoms with van der Waals surface area (Å²) in [6, 6.07) is 14.2. The van der Waals surface area contributed by atoms with E-state index in [0.29, 0.717) is 16.3 Å². The van der Waals surface area contributed by atoms with Crippen molar-refractivity contribution in [3.05, 3.63) is 77.0 Å². The maximum Gasteiger partial charge on any atom is 0.258 e. The quantitative estimate of drug-likeness (QED) is 0.585. The first-order chi connectivity index (χ1) is 14.6. The number of nitrogens with one attached hydrogen (secondary N) is 1. The van der Waals surface area contributed by atoms with Gasteiger partial charge in [-0.3, -0.25) is 4.79 Å². The van der Waals surface area contributed by atoms with Crippen molar-refractivity contribution in [3.8, 4) is 0 Å². The molecule has 31 heavy (non-hydrogen) atoms. The highest BCUT2D eigenvalue weighted by molar-refractivity contribution is 7.99. The first kappa shape index (κ1) is 23.0. The van der Waals surface area contributed by atoms with E-state index < -0.39 is 10.0 Å². The number of pyridine rings is 1. The summed E-state index contributed by atoms with van der Waals surface area (Å²) in [5, 5.41) is 3.43. The number of carbonyl (C=O) groups is 1. The van der Waals surface area contributed by atoms with Gasteiger partial charge in [0.15, 0.2) is 0 Å². The molecule has 0 aliphatic carbocycles. The average Bonchev–Trinajstić information content (AvgIpc) is 2.72. The van der Waals surface area contributed by atoms with Crippen LogP contribution < -0.4 is 5.32 Å². The number of hydrogen-bond donors (Lipinski definition) is 1. The minimum Gasteiger partial charge on any atom is -0.322 e. The van der Waals surface area contributed by atoms with Crippen LogP contribution in [0.25, 0.3) is 0 Å². The number of benzene rings is 2. The second-order valence-electron chi connectivity index (χ2n) is 7.42. The van der Waals surface area contributed by atoms with Crippen LogP contribution in [-0.2, 0) is 10.0 Å². The van der Waals surface area contributed by atoms with Gasteiger partial charge in [0.2, 0.25) is 10.0 Å². The van der Waals surface area contributed by atoms with Crippen molar-refractivity contribution >= 4 is 33.4 Å². The fraction of sp³-hybridized carbons (Fsp3) is 0.217. The van der Waals surface area contributed by atoms with Crippen LogP contribution in [0.4, 0.5) is 5.69 Å². The summed E-state index contributed by atoms with van der Waals surface area (Å²) in [6.45, 7) is 5.91. The van der Waals surface area contributed by atoms with Gasteiger partial charge in [0.1, 0.15) is 5.03 Å². The van der Waals surface area contributed by atoms with E-state index in [2.05, 4.69) is 23.3 Å². The predicted octanol–water partition coefficient (Wildman–Crippen LogP) is 4.66. The van der Waals surface area contributed by atoms with E-state index in [1.165, 1.54) is 49.1 Å². The van der Waals surface area contributed by atoms with E-state index in [1.807, 2.05) is 26.0 Å². The lowest BCUT2D eigenvalue weighted by Crippen LogP contribution is -2.22. The van der Waals surface area contributed by atoms with Crippen LogP contribution in [0.5, 0.6) is 0 Å². The Hall–Kier alpha value is -2.68. The second-order valence-corrected chi connectivity index (χ2v) is 10.6. The van der Waals surface area contributed by atoms with E-state index in [-0.39, 0.29) is 10.8 Å². The lowest BCUT2D eigenvalue weighted by atomic mass is 10.1. The highest BCUT2D eigenvalue weighted by Gasteiger charge is 2.20. The minimum atomic E-state index is -3.61. The van der Waals surface area contributed by atoms with E-state index in [4.69, 9.17) is 0 Å². The standard InChI is InChI=1S/C23H25N3O3S2/c1-15-8-10-18(13-17(15)3)30-23-20(7-6-12-24-23)22(27)25-21-14-19(11-9-16(21)2)31(28,29)26(4)5/h6-14H,1-5H3,(H,25,27). The van der Waals surface area contributed by atoms with E-state index in [0.717, 1.165) is 14.8 Å². The van der Waals surface area contributed by atoms with Crippen molar-refractivity contribution in [2.24, 2.45) is 0 Å². The first-order valence-corrected chi connectivity index (χ1v) is 11.9. The van der Waals surface area contributed by atoms with E-state index in [1.54, 1.807) is 24.4 Å². The largest absolute Gasteiger partial charge is 0.322 e. The Balaban J connectivity index is 1.90. The van der Waals surface area contributed by atoms with E-state index >= 15 is 0 Å². The SMILES string of the molecule is Cc1ccc(Sc2ncccc2C(=O)Nc2cc(S(=O)(=O)N(C)C)ccc2C)cc1C. The smallest absolute Gasteiger partial charge is 0.258 e. The molecule has 0 spiro atoms. The Morgan fingerprint density at radius 2 is 1.68 bits per heavy atom. The highest BCUT2D eigenvalue weighted by Crippen LogP contribution is 2.31. The van der Waals surface area contributed by atoms with Crippen LogP contribution in [0, 0.1) is 20.8 Å². The van der Waals surface area contributed by atoms with Crippen molar-refractivity contribution in [1.29, 1.82) is 0 Å². The van der Waals surface area contributed by atoms with Crippen molar-refractivity contribution in [3.63, 3.8) is 0 Å². The minimum absolute atomic E-state index is 0.120. The lowest BCUT2D eigenvalue weighted by Gasteiger charge is -2.15. The Kier molecular flexibility index (Phi) is 6.83. The summed E-state index contributed by atoms with van der Waals surface area (Å²) >= 11 is 1.42. The molecule has 1 aromatic heterocycles. The molecular formula is C23H25N3O3S2. The molecule has 0 aliphatic heterocycles. The normalized spacial score (nSPS) is 11.5. The summed E-state index contributed by atoms with van der Waals surface area (Å²) in [5.41, 5.74) is 4.00. The van der Waals surface area contributed by atoms with Gasteiger partial charge in [-0.1, -0.05) is 23.9 Å². The van der Waals surface area contributed by atoms with Crippen molar-refractivity contribution in [1.82, 2.24) is 9.29 Å². The Morgan fingerprint density at radius 3 is 2.35 bits per heavy atom. The zero-order valence-electron chi connectivity index (χ0n) is 18.1. The van der Waals surface area contributed by atoms with Gasteiger partial charge < -0.3 is 5.32 Å². The maximum atomic E-state index is 13.1. The molecular weight excluding hydrogens is 430 g/mol. The van der Waals surface area contributed by atoms with Gasteiger partial charge in [0.25, 0.3) is 5.91 Å². The second kappa shape index (κ2) is 9.21. The molecule has 1 heterocycles. The van der Waals surface area contributed by atoms with Crippen molar-refractivity contribution < 1.29 is 13.2 Å². The van der Waals surface area contributed by atoms with E-state index in [9.17, 15) is 13.2 Å². The molecule has 0 atom stereocenters. The van der Waals surface area contributed by atoms with Gasteiger partial charge in [-0.25, -0.2) is 17.7 Å². The van der Waals surface area contributed by atoms with Gasteiger partial charge in [0, 0.05) is 30.9 Å². The maximum absolute atomic E-state index is 13.1. The Morgan fingerprint density at radius 1 is 0.968 bits per heavy atom. The topological polar surface area (TPSA) is 79.4 Å². The molecule has 162 valence electrons. The number of aromatic nitrogens is 1. The van der Waals surface area contributed by atoms with Crippen molar-refractivity contribution in [2.75, 3.05) is 19.4 Å². The van der Waals surface area contributed by atoms with Crippen LogP contribution in [0.3, 0.4) is 0 Å². The number of nitrogens with zero attached hydrogens (tertiary/aromatic N) is 2. The Labute approximate surface area is 187 Å². The number of aryl methyl sites for hydroxylation is 3. The fourth-order valence-electron chi connectivity index (χ4n) is 2.83. The van der Waals surface area contributed by atoms with Crippen LogP contribution >= 0.6 is 11.8 Å². The van der Waals surface area contributed by atoms with Gasteiger partial charge in [0.05, 0.1) is 10.5 Å². The number of amides is 1. The first-order valence-electron chi connectivity index (χ1n) is 9.64. The fourth-order valence-corrected chi connectivity index (χ4v) is 4.74. The lowest BCUT2D eigenvalue weighted by molar-refractivity contribution is 0.102. The third kappa shape index (κ3) is 5.15. The molecule has 1 amide bonds. The van der Waals surface area contributed by atoms with Crippen LogP contribution in [-0.4, -0.2) is 37.7 Å². The molecule has 6 nitrogen and oxygen atoms in total. The number of anilines is 1. The molecule has 0 bridgehead atoms. The molecule has 3 aromatic rings. The molecule has 1 N–H and O–H groups in total. The molecule has 0 saturated heterocycles. The molecule has 0 fully saturated rings. The van der Waals surface area contributed by atoms with Crippen LogP contribution in [0.15, 0.2) is 69.5 Å². The van der Waals surface area contributed by atoms with Gasteiger partial charge in [-0.05, 0) is 73.9 Å². The Bertz CT molecular complexity index is 1240. The monoisotopic (exact) mass is 455 g/mol. The van der Waals surface area contributed by atoms with Crippen LogP contribution in [0.2, 0.25) is 0 Å². The van der Waals surface area contributed by atoms with Gasteiger partial charge in [-0.2, -0.15) is 0 Å². The molecule has 2 aromatic carbocycles. The zero-order chi connectivity index (χ0) is 22.8. The average molecular weight is 456 g/mol. The summed E-state index contributed by atoms with van der Waals surface area (Å²) in [5.74, 6) is -0.345. The molecule has 0 saturated carbocycles. The number of carbonyl (C=O) groups excluding carboxylic acids is 1. The number of hydrogen-bond acceptors (Lipinski definition) is 5. The van der Waals surface area contributed by atoms with Gasteiger partial charge >= 0.3 is 0 Å².